The number of halogens is 2. The minimum absolute atomic E-state index is 0.0719. The Bertz CT molecular complexity index is 158. The summed E-state index contributed by atoms with van der Waals surface area (Å²) < 4.78 is 25.8. The van der Waals surface area contributed by atoms with Crippen LogP contribution in [0.25, 0.3) is 0 Å². The van der Waals surface area contributed by atoms with Crippen molar-refractivity contribution < 1.29 is 8.78 Å². The maximum atomic E-state index is 12.9. The molecule has 0 atom stereocenters. The van der Waals surface area contributed by atoms with Gasteiger partial charge in [-0.25, -0.2) is 8.78 Å². The zero-order valence-electron chi connectivity index (χ0n) is 8.50. The molecule has 0 bridgehead atoms. The van der Waals surface area contributed by atoms with Crippen molar-refractivity contribution in [3.63, 3.8) is 0 Å². The van der Waals surface area contributed by atoms with E-state index in [0.717, 1.165) is 13.0 Å². The second kappa shape index (κ2) is 3.91. The van der Waals surface area contributed by atoms with Crippen LogP contribution in [0.15, 0.2) is 0 Å². The molecule has 1 aliphatic rings. The highest BCUT2D eigenvalue weighted by atomic mass is 19.3. The summed E-state index contributed by atoms with van der Waals surface area (Å²) in [5.74, 6) is -2.40. The van der Waals surface area contributed by atoms with Crippen LogP contribution in [-0.4, -0.2) is 19.5 Å². The molecule has 3 heteroatoms. The zero-order chi connectivity index (χ0) is 9.95. The summed E-state index contributed by atoms with van der Waals surface area (Å²) in [6.45, 7) is 2.97. The number of hydrogen-bond donors (Lipinski definition) is 1. The molecule has 1 N–H and O–H groups in total. The van der Waals surface area contributed by atoms with Gasteiger partial charge in [-0.1, -0.05) is 6.92 Å². The van der Waals surface area contributed by atoms with Crippen molar-refractivity contribution in [3.05, 3.63) is 0 Å². The van der Waals surface area contributed by atoms with E-state index in [1.807, 2.05) is 7.05 Å². The van der Waals surface area contributed by atoms with Crippen molar-refractivity contribution >= 4 is 0 Å². The van der Waals surface area contributed by atoms with Gasteiger partial charge in [0.05, 0.1) is 0 Å². The van der Waals surface area contributed by atoms with E-state index in [9.17, 15) is 8.78 Å². The molecule has 0 aromatic rings. The Morgan fingerprint density at radius 3 is 2.08 bits per heavy atom. The molecule has 1 aliphatic carbocycles. The second-order valence-electron chi connectivity index (χ2n) is 4.24. The molecule has 1 nitrogen and oxygen atoms in total. The van der Waals surface area contributed by atoms with Crippen LogP contribution >= 0.6 is 0 Å². The fraction of sp³-hybridized carbons (Fsp3) is 1.00. The number of rotatable bonds is 3. The van der Waals surface area contributed by atoms with Gasteiger partial charge < -0.3 is 5.32 Å². The number of alkyl halides is 2. The molecule has 0 radical (unpaired) electrons. The number of nitrogens with one attached hydrogen (secondary N) is 1. The average molecular weight is 191 g/mol. The van der Waals surface area contributed by atoms with Crippen molar-refractivity contribution in [2.24, 2.45) is 5.41 Å². The molecule has 78 valence electrons. The SMILES string of the molecule is CCC1(CNC)CCC(F)(F)CC1. The Labute approximate surface area is 78.9 Å². The summed E-state index contributed by atoms with van der Waals surface area (Å²) in [5, 5.41) is 3.11. The van der Waals surface area contributed by atoms with E-state index in [2.05, 4.69) is 12.2 Å². The van der Waals surface area contributed by atoms with Crippen molar-refractivity contribution in [1.29, 1.82) is 0 Å². The standard InChI is InChI=1S/C10H19F2N/c1-3-9(8-13-2)4-6-10(11,12)7-5-9/h13H,3-8H2,1-2H3. The third-order valence-corrected chi connectivity index (χ3v) is 3.34. The monoisotopic (exact) mass is 191 g/mol. The molecule has 1 rings (SSSR count). The second-order valence-corrected chi connectivity index (χ2v) is 4.24. The first-order valence-electron chi connectivity index (χ1n) is 5.06. The van der Waals surface area contributed by atoms with Crippen LogP contribution in [0.5, 0.6) is 0 Å². The molecule has 0 heterocycles. The van der Waals surface area contributed by atoms with Gasteiger partial charge in [0.15, 0.2) is 0 Å². The predicted octanol–water partition coefficient (Wildman–Crippen LogP) is 2.81. The van der Waals surface area contributed by atoms with Crippen molar-refractivity contribution in [3.8, 4) is 0 Å². The highest BCUT2D eigenvalue weighted by Crippen LogP contribution is 2.44. The Balaban J connectivity index is 2.52. The lowest BCUT2D eigenvalue weighted by Gasteiger charge is -2.39. The summed E-state index contributed by atoms with van der Waals surface area (Å²) in [6, 6.07) is 0. The molecule has 0 spiro atoms. The molecule has 0 saturated heterocycles. The molecule has 1 saturated carbocycles. The summed E-state index contributed by atoms with van der Waals surface area (Å²) in [5.41, 5.74) is 0.135. The molecule has 0 amide bonds. The first-order chi connectivity index (χ1) is 6.04. The minimum Gasteiger partial charge on any atom is -0.319 e. The number of hydrogen-bond acceptors (Lipinski definition) is 1. The van der Waals surface area contributed by atoms with Crippen LogP contribution in [0.1, 0.15) is 39.0 Å². The van der Waals surface area contributed by atoms with Gasteiger partial charge in [-0.2, -0.15) is 0 Å². The Morgan fingerprint density at radius 1 is 1.15 bits per heavy atom. The van der Waals surface area contributed by atoms with Crippen molar-refractivity contribution in [2.45, 2.75) is 45.0 Å². The maximum absolute atomic E-state index is 12.9. The van der Waals surface area contributed by atoms with Crippen LogP contribution in [-0.2, 0) is 0 Å². The lowest BCUT2D eigenvalue weighted by molar-refractivity contribution is -0.0672. The fourth-order valence-corrected chi connectivity index (χ4v) is 2.18. The lowest BCUT2D eigenvalue weighted by atomic mass is 9.71. The van der Waals surface area contributed by atoms with E-state index < -0.39 is 5.92 Å². The highest BCUT2D eigenvalue weighted by molar-refractivity contribution is 4.88. The van der Waals surface area contributed by atoms with Crippen LogP contribution in [0.3, 0.4) is 0 Å². The average Bonchev–Trinajstić information content (AvgIpc) is 2.10. The van der Waals surface area contributed by atoms with Gasteiger partial charge in [0.25, 0.3) is 0 Å². The third-order valence-electron chi connectivity index (χ3n) is 3.34. The fourth-order valence-electron chi connectivity index (χ4n) is 2.18. The predicted molar refractivity (Wildman–Crippen MR) is 50.1 cm³/mol. The molecule has 13 heavy (non-hydrogen) atoms. The molecule has 0 aromatic heterocycles. The summed E-state index contributed by atoms with van der Waals surface area (Å²) in [4.78, 5) is 0. The van der Waals surface area contributed by atoms with Gasteiger partial charge in [0.2, 0.25) is 5.92 Å². The van der Waals surface area contributed by atoms with Gasteiger partial charge >= 0.3 is 0 Å². The van der Waals surface area contributed by atoms with Crippen LogP contribution in [0.4, 0.5) is 8.78 Å². The molecule has 0 aliphatic heterocycles. The normalized spacial score (nSPS) is 25.8. The van der Waals surface area contributed by atoms with Crippen LogP contribution < -0.4 is 5.32 Å². The van der Waals surface area contributed by atoms with E-state index in [-0.39, 0.29) is 18.3 Å². The van der Waals surface area contributed by atoms with Gasteiger partial charge in [0.1, 0.15) is 0 Å². The Morgan fingerprint density at radius 2 is 1.69 bits per heavy atom. The van der Waals surface area contributed by atoms with Gasteiger partial charge in [-0.05, 0) is 31.7 Å². The summed E-state index contributed by atoms with van der Waals surface area (Å²) in [6.07, 6.45) is 2.48. The molecule has 0 aromatic carbocycles. The van der Waals surface area contributed by atoms with E-state index >= 15 is 0 Å². The summed E-state index contributed by atoms with van der Waals surface area (Å²) >= 11 is 0. The lowest BCUT2D eigenvalue weighted by Crippen LogP contribution is -2.39. The van der Waals surface area contributed by atoms with E-state index in [0.29, 0.717) is 12.8 Å². The largest absolute Gasteiger partial charge is 0.319 e. The molecule has 1 fully saturated rings. The van der Waals surface area contributed by atoms with Gasteiger partial charge in [-0.3, -0.25) is 0 Å². The Kier molecular flexibility index (Phi) is 3.28. The van der Waals surface area contributed by atoms with Crippen molar-refractivity contribution in [1.82, 2.24) is 5.32 Å². The minimum atomic E-state index is -2.40. The van der Waals surface area contributed by atoms with Crippen LogP contribution in [0.2, 0.25) is 0 Å². The topological polar surface area (TPSA) is 12.0 Å². The van der Waals surface area contributed by atoms with E-state index in [1.54, 1.807) is 0 Å². The first kappa shape index (κ1) is 10.9. The summed E-state index contributed by atoms with van der Waals surface area (Å²) in [7, 11) is 1.89. The Hall–Kier alpha value is -0.180. The third kappa shape index (κ3) is 2.63. The highest BCUT2D eigenvalue weighted by Gasteiger charge is 2.41. The molecular formula is C10H19F2N. The van der Waals surface area contributed by atoms with E-state index in [1.165, 1.54) is 0 Å². The molecular weight excluding hydrogens is 172 g/mol. The zero-order valence-corrected chi connectivity index (χ0v) is 8.50. The quantitative estimate of drug-likeness (QED) is 0.723. The first-order valence-corrected chi connectivity index (χ1v) is 5.06. The van der Waals surface area contributed by atoms with Crippen molar-refractivity contribution in [2.75, 3.05) is 13.6 Å². The van der Waals surface area contributed by atoms with Gasteiger partial charge in [0, 0.05) is 19.4 Å². The van der Waals surface area contributed by atoms with E-state index in [4.69, 9.17) is 0 Å². The van der Waals surface area contributed by atoms with Crippen LogP contribution in [0, 0.1) is 5.41 Å². The smallest absolute Gasteiger partial charge is 0.248 e. The maximum Gasteiger partial charge on any atom is 0.248 e. The molecule has 0 unspecified atom stereocenters. The van der Waals surface area contributed by atoms with Gasteiger partial charge in [-0.15, -0.1) is 0 Å².